The largest absolute Gasteiger partial charge is 0.507 e. The molecular weight excluding hydrogens is 456 g/mol. The molecule has 1 N–H and O–H groups in total. The molecule has 0 aliphatic carbocycles. The second-order valence-electron chi connectivity index (χ2n) is 8.87. The van der Waals surface area contributed by atoms with Gasteiger partial charge in [-0.3, -0.25) is 9.59 Å². The van der Waals surface area contributed by atoms with Gasteiger partial charge in [0, 0.05) is 18.7 Å². The van der Waals surface area contributed by atoms with E-state index >= 15 is 0 Å². The van der Waals surface area contributed by atoms with Gasteiger partial charge in [-0.2, -0.15) is 0 Å². The van der Waals surface area contributed by atoms with Crippen LogP contribution < -0.4 is 9.47 Å². The molecule has 1 amide bonds. The predicted octanol–water partition coefficient (Wildman–Crippen LogP) is 4.26. The zero-order chi connectivity index (χ0) is 25.7. The molecule has 186 valence electrons. The predicted molar refractivity (Wildman–Crippen MR) is 138 cm³/mol. The molecule has 1 fully saturated rings. The van der Waals surface area contributed by atoms with Crippen LogP contribution in [0.2, 0.25) is 0 Å². The summed E-state index contributed by atoms with van der Waals surface area (Å²) >= 11 is 0. The van der Waals surface area contributed by atoms with Crippen molar-refractivity contribution in [2.75, 3.05) is 34.3 Å². The van der Waals surface area contributed by atoms with E-state index in [1.54, 1.807) is 31.4 Å². The van der Waals surface area contributed by atoms with Crippen molar-refractivity contribution in [2.45, 2.75) is 12.6 Å². The summed E-state index contributed by atoms with van der Waals surface area (Å²) in [4.78, 5) is 29.6. The molecule has 7 heteroatoms. The number of methoxy groups -OCH3 is 1. The van der Waals surface area contributed by atoms with Crippen LogP contribution in [0, 0.1) is 0 Å². The Hall–Kier alpha value is -4.10. The number of nitrogens with zero attached hydrogens (tertiary/aromatic N) is 2. The van der Waals surface area contributed by atoms with Crippen LogP contribution in [0.25, 0.3) is 5.76 Å². The number of amides is 1. The van der Waals surface area contributed by atoms with Crippen LogP contribution in [0.3, 0.4) is 0 Å². The van der Waals surface area contributed by atoms with Crippen molar-refractivity contribution >= 4 is 17.4 Å². The maximum Gasteiger partial charge on any atom is 0.295 e. The van der Waals surface area contributed by atoms with Crippen molar-refractivity contribution < 1.29 is 24.2 Å². The fraction of sp³-hybridized carbons (Fsp3) is 0.241. The summed E-state index contributed by atoms with van der Waals surface area (Å²) in [6.07, 6.45) is 0. The molecule has 4 rings (SSSR count). The SMILES string of the molecule is COc1ccc(C(O)=C2C(=O)C(=O)N(CCN(C)C)[C@H]2c2ccc(OCc3ccccc3)cc2)cc1. The van der Waals surface area contributed by atoms with E-state index in [1.165, 1.54) is 4.90 Å². The molecular formula is C29H30N2O5. The van der Waals surface area contributed by atoms with E-state index < -0.39 is 17.7 Å². The quantitative estimate of drug-likeness (QED) is 0.277. The number of benzene rings is 3. The summed E-state index contributed by atoms with van der Waals surface area (Å²) in [7, 11) is 5.36. The van der Waals surface area contributed by atoms with Crippen molar-refractivity contribution in [2.24, 2.45) is 0 Å². The van der Waals surface area contributed by atoms with Crippen LogP contribution in [0.5, 0.6) is 11.5 Å². The van der Waals surface area contributed by atoms with Gasteiger partial charge in [0.1, 0.15) is 23.9 Å². The number of hydrogen-bond donors (Lipinski definition) is 1. The van der Waals surface area contributed by atoms with Crippen LogP contribution in [0.1, 0.15) is 22.7 Å². The molecule has 0 saturated carbocycles. The van der Waals surface area contributed by atoms with E-state index in [4.69, 9.17) is 9.47 Å². The first-order valence-electron chi connectivity index (χ1n) is 11.7. The number of ether oxygens (including phenoxy) is 2. The minimum absolute atomic E-state index is 0.0712. The molecule has 36 heavy (non-hydrogen) atoms. The standard InChI is InChI=1S/C29H30N2O5/c1-30(2)17-18-31-26(21-9-15-24(16-10-21)36-19-20-7-5-4-6-8-20)25(28(33)29(31)34)27(32)22-11-13-23(35-3)14-12-22/h4-16,26,32H,17-19H2,1-3H3/t26-/m0/s1. The Bertz CT molecular complexity index is 1230. The fourth-order valence-electron chi connectivity index (χ4n) is 4.16. The van der Waals surface area contributed by atoms with Crippen molar-refractivity contribution in [3.8, 4) is 11.5 Å². The Morgan fingerprint density at radius 1 is 0.917 bits per heavy atom. The average molecular weight is 487 g/mol. The van der Waals surface area contributed by atoms with Crippen molar-refractivity contribution in [1.82, 2.24) is 9.80 Å². The molecule has 0 aromatic heterocycles. The Labute approximate surface area is 211 Å². The summed E-state index contributed by atoms with van der Waals surface area (Å²) < 4.78 is 11.1. The highest BCUT2D eigenvalue weighted by atomic mass is 16.5. The number of carbonyl (C=O) groups is 2. The van der Waals surface area contributed by atoms with Gasteiger partial charge < -0.3 is 24.4 Å². The van der Waals surface area contributed by atoms with Gasteiger partial charge in [-0.15, -0.1) is 0 Å². The lowest BCUT2D eigenvalue weighted by Gasteiger charge is -2.26. The minimum Gasteiger partial charge on any atom is -0.507 e. The van der Waals surface area contributed by atoms with Gasteiger partial charge in [-0.05, 0) is 61.6 Å². The summed E-state index contributed by atoms with van der Waals surface area (Å²) in [5.41, 5.74) is 2.28. The molecule has 0 bridgehead atoms. The summed E-state index contributed by atoms with van der Waals surface area (Å²) in [6.45, 7) is 1.34. The van der Waals surface area contributed by atoms with Crippen LogP contribution in [-0.4, -0.2) is 60.9 Å². The summed E-state index contributed by atoms with van der Waals surface area (Å²) in [6, 6.07) is 23.2. The highest BCUT2D eigenvalue weighted by molar-refractivity contribution is 6.46. The van der Waals surface area contributed by atoms with Crippen LogP contribution in [0.4, 0.5) is 0 Å². The molecule has 1 heterocycles. The average Bonchev–Trinajstić information content (AvgIpc) is 3.16. The number of likely N-dealkylation sites (N-methyl/N-ethyl adjacent to an activating group) is 1. The molecule has 1 aliphatic rings. The van der Waals surface area contributed by atoms with Gasteiger partial charge in [0.05, 0.1) is 18.7 Å². The van der Waals surface area contributed by atoms with E-state index in [2.05, 4.69) is 0 Å². The van der Waals surface area contributed by atoms with Gasteiger partial charge in [-0.1, -0.05) is 42.5 Å². The summed E-state index contributed by atoms with van der Waals surface area (Å²) in [5, 5.41) is 11.2. The van der Waals surface area contributed by atoms with Crippen molar-refractivity contribution in [1.29, 1.82) is 0 Å². The molecule has 3 aromatic carbocycles. The second kappa shape index (κ2) is 11.1. The molecule has 1 aliphatic heterocycles. The Morgan fingerprint density at radius 3 is 2.17 bits per heavy atom. The monoisotopic (exact) mass is 486 g/mol. The maximum absolute atomic E-state index is 13.1. The minimum atomic E-state index is -0.713. The first-order chi connectivity index (χ1) is 17.4. The van der Waals surface area contributed by atoms with Crippen LogP contribution in [-0.2, 0) is 16.2 Å². The van der Waals surface area contributed by atoms with Gasteiger partial charge in [0.15, 0.2) is 0 Å². The smallest absolute Gasteiger partial charge is 0.295 e. The van der Waals surface area contributed by atoms with E-state index in [0.717, 1.165) is 11.1 Å². The first-order valence-corrected chi connectivity index (χ1v) is 11.7. The van der Waals surface area contributed by atoms with Gasteiger partial charge >= 0.3 is 0 Å². The number of hydrogen-bond acceptors (Lipinski definition) is 6. The van der Waals surface area contributed by atoms with Crippen molar-refractivity contribution in [3.05, 3.63) is 101 Å². The zero-order valence-corrected chi connectivity index (χ0v) is 20.7. The Kier molecular flexibility index (Phi) is 7.71. The lowest BCUT2D eigenvalue weighted by molar-refractivity contribution is -0.140. The number of aliphatic hydroxyl groups excluding tert-OH is 1. The van der Waals surface area contributed by atoms with Crippen LogP contribution >= 0.6 is 0 Å². The number of likely N-dealkylation sites (tertiary alicyclic amines) is 1. The van der Waals surface area contributed by atoms with Crippen LogP contribution in [0.15, 0.2) is 84.4 Å². The Morgan fingerprint density at radius 2 is 1.56 bits per heavy atom. The fourth-order valence-corrected chi connectivity index (χ4v) is 4.16. The van der Waals surface area contributed by atoms with E-state index in [1.807, 2.05) is 73.6 Å². The molecule has 0 unspecified atom stereocenters. The molecule has 0 radical (unpaired) electrons. The second-order valence-corrected chi connectivity index (χ2v) is 8.87. The van der Waals surface area contributed by atoms with E-state index in [-0.39, 0.29) is 11.3 Å². The highest BCUT2D eigenvalue weighted by Gasteiger charge is 2.45. The molecule has 1 atom stereocenters. The van der Waals surface area contributed by atoms with Gasteiger partial charge in [-0.25, -0.2) is 0 Å². The topological polar surface area (TPSA) is 79.3 Å². The number of rotatable bonds is 9. The third-order valence-electron chi connectivity index (χ3n) is 6.14. The number of ketones is 1. The Balaban J connectivity index is 1.67. The maximum atomic E-state index is 13.1. The molecule has 3 aromatic rings. The van der Waals surface area contributed by atoms with Crippen molar-refractivity contribution in [3.63, 3.8) is 0 Å². The normalized spacial score (nSPS) is 17.0. The van der Waals surface area contributed by atoms with E-state index in [9.17, 15) is 14.7 Å². The number of carbonyl (C=O) groups excluding carboxylic acids is 2. The summed E-state index contributed by atoms with van der Waals surface area (Å²) in [5.74, 6) is -0.237. The third-order valence-corrected chi connectivity index (χ3v) is 6.14. The van der Waals surface area contributed by atoms with E-state index in [0.29, 0.717) is 36.8 Å². The molecule has 0 spiro atoms. The first kappa shape index (κ1) is 25.0. The zero-order valence-electron chi connectivity index (χ0n) is 20.7. The van der Waals surface area contributed by atoms with Gasteiger partial charge in [0.25, 0.3) is 11.7 Å². The molecule has 1 saturated heterocycles. The molecule has 7 nitrogen and oxygen atoms in total. The lowest BCUT2D eigenvalue weighted by atomic mass is 9.95. The highest BCUT2D eigenvalue weighted by Crippen LogP contribution is 2.39. The number of aliphatic hydroxyl groups is 1. The van der Waals surface area contributed by atoms with Gasteiger partial charge in [0.2, 0.25) is 0 Å². The lowest BCUT2D eigenvalue weighted by Crippen LogP contribution is -2.35. The number of Topliss-reactive ketones (excluding diaryl/α,β-unsaturated/α-hetero) is 1. The third kappa shape index (κ3) is 5.42.